The van der Waals surface area contributed by atoms with Gasteiger partial charge in [-0.3, -0.25) is 0 Å². The average molecular weight is 357 g/mol. The highest BCUT2D eigenvalue weighted by Crippen LogP contribution is 2.33. The number of nitrogens with two attached hydrogens (primary N) is 1. The minimum atomic E-state index is 0.681. The van der Waals surface area contributed by atoms with Crippen LogP contribution in [0.5, 0.6) is 17.2 Å². The Morgan fingerprint density at radius 1 is 0.852 bits per heavy atom. The first-order valence-corrected chi connectivity index (χ1v) is 8.55. The summed E-state index contributed by atoms with van der Waals surface area (Å²) < 4.78 is 11.4. The molecule has 0 bridgehead atoms. The van der Waals surface area contributed by atoms with Crippen molar-refractivity contribution >= 4 is 28.0 Å². The largest absolute Gasteiger partial charge is 0.497 e. The number of hydrogen-bond donors (Lipinski definition) is 2. The normalized spacial score (nSPS) is 10.6. The molecule has 0 saturated heterocycles. The summed E-state index contributed by atoms with van der Waals surface area (Å²) in [7, 11) is 1.64. The number of hydrogen-bond acceptors (Lipinski definition) is 5. The molecule has 27 heavy (non-hydrogen) atoms. The highest BCUT2D eigenvalue weighted by Gasteiger charge is 2.07. The van der Waals surface area contributed by atoms with E-state index in [9.17, 15) is 0 Å². The Morgan fingerprint density at radius 2 is 1.70 bits per heavy atom. The molecule has 134 valence electrons. The number of anilines is 3. The summed E-state index contributed by atoms with van der Waals surface area (Å²) in [5.74, 6) is 2.89. The third kappa shape index (κ3) is 3.62. The third-order valence-corrected chi connectivity index (χ3v) is 4.22. The van der Waals surface area contributed by atoms with Crippen LogP contribution in [0.1, 0.15) is 0 Å². The number of ether oxygens (including phenoxy) is 2. The monoisotopic (exact) mass is 357 g/mol. The number of benzene rings is 3. The van der Waals surface area contributed by atoms with Crippen molar-refractivity contribution in [3.8, 4) is 17.2 Å². The van der Waals surface area contributed by atoms with E-state index >= 15 is 0 Å². The molecule has 4 rings (SSSR count). The van der Waals surface area contributed by atoms with Gasteiger partial charge < -0.3 is 20.5 Å². The topological polar surface area (TPSA) is 69.4 Å². The van der Waals surface area contributed by atoms with Gasteiger partial charge in [0, 0.05) is 40.5 Å². The minimum Gasteiger partial charge on any atom is -0.497 e. The number of nitrogens with one attached hydrogen (secondary N) is 1. The Morgan fingerprint density at radius 3 is 2.56 bits per heavy atom. The van der Waals surface area contributed by atoms with Gasteiger partial charge in [0.05, 0.1) is 7.11 Å². The van der Waals surface area contributed by atoms with Crippen LogP contribution in [0.4, 0.5) is 17.2 Å². The summed E-state index contributed by atoms with van der Waals surface area (Å²) in [5, 5.41) is 5.20. The molecule has 5 nitrogen and oxygen atoms in total. The lowest BCUT2D eigenvalue weighted by atomic mass is 10.1. The quantitative estimate of drug-likeness (QED) is 0.471. The van der Waals surface area contributed by atoms with Crippen molar-refractivity contribution < 1.29 is 9.47 Å². The molecule has 4 aromatic rings. The zero-order valence-electron chi connectivity index (χ0n) is 14.8. The van der Waals surface area contributed by atoms with Crippen LogP contribution in [0, 0.1) is 0 Å². The van der Waals surface area contributed by atoms with Gasteiger partial charge in [0.25, 0.3) is 0 Å². The van der Waals surface area contributed by atoms with Crippen LogP contribution >= 0.6 is 0 Å². The van der Waals surface area contributed by atoms with Crippen molar-refractivity contribution in [1.82, 2.24) is 4.98 Å². The van der Waals surface area contributed by atoms with Gasteiger partial charge in [-0.25, -0.2) is 4.98 Å². The summed E-state index contributed by atoms with van der Waals surface area (Å²) in [4.78, 5) is 4.36. The molecule has 0 amide bonds. The van der Waals surface area contributed by atoms with Crippen LogP contribution in [0.25, 0.3) is 10.8 Å². The maximum Gasteiger partial charge on any atom is 0.135 e. The zero-order chi connectivity index (χ0) is 18.6. The second kappa shape index (κ2) is 7.25. The SMILES string of the molecule is COc1cccc(Nc2cc(Oc3ccc(N)c4ccccc34)ccn2)c1. The molecule has 1 heterocycles. The number of pyridine rings is 1. The van der Waals surface area contributed by atoms with Gasteiger partial charge in [-0.1, -0.05) is 30.3 Å². The minimum absolute atomic E-state index is 0.681. The number of nitrogens with zero attached hydrogens (tertiary/aromatic N) is 1. The average Bonchev–Trinajstić information content (AvgIpc) is 2.71. The fraction of sp³-hybridized carbons (Fsp3) is 0.0455. The van der Waals surface area contributed by atoms with Crippen LogP contribution in [0.2, 0.25) is 0 Å². The molecule has 0 aliphatic carbocycles. The van der Waals surface area contributed by atoms with E-state index in [0.29, 0.717) is 11.6 Å². The van der Waals surface area contributed by atoms with Crippen molar-refractivity contribution in [3.63, 3.8) is 0 Å². The summed E-state index contributed by atoms with van der Waals surface area (Å²) >= 11 is 0. The summed E-state index contributed by atoms with van der Waals surface area (Å²) in [6, 6.07) is 23.0. The molecule has 3 aromatic carbocycles. The number of fused-ring (bicyclic) bond motifs is 1. The molecule has 0 aliphatic rings. The second-order valence-electron chi connectivity index (χ2n) is 6.03. The van der Waals surface area contributed by atoms with Gasteiger partial charge in [0.2, 0.25) is 0 Å². The van der Waals surface area contributed by atoms with Crippen LogP contribution in [0.3, 0.4) is 0 Å². The predicted molar refractivity (Wildman–Crippen MR) is 109 cm³/mol. The summed E-state index contributed by atoms with van der Waals surface area (Å²) in [6.45, 7) is 0. The maximum atomic E-state index is 6.11. The van der Waals surface area contributed by atoms with Crippen molar-refractivity contribution in [3.05, 3.63) is 79.0 Å². The molecular formula is C22H19N3O2. The van der Waals surface area contributed by atoms with Crippen LogP contribution in [0.15, 0.2) is 79.0 Å². The Balaban J connectivity index is 1.61. The molecule has 0 unspecified atom stereocenters. The number of nitrogen functional groups attached to an aromatic ring is 1. The Kier molecular flexibility index (Phi) is 4.49. The van der Waals surface area contributed by atoms with Crippen molar-refractivity contribution in [2.45, 2.75) is 0 Å². The smallest absolute Gasteiger partial charge is 0.135 e. The highest BCUT2D eigenvalue weighted by molar-refractivity contribution is 5.97. The molecule has 5 heteroatoms. The highest BCUT2D eigenvalue weighted by atomic mass is 16.5. The van der Waals surface area contributed by atoms with E-state index in [1.54, 1.807) is 13.3 Å². The van der Waals surface area contributed by atoms with Gasteiger partial charge >= 0.3 is 0 Å². The van der Waals surface area contributed by atoms with Crippen LogP contribution in [-0.2, 0) is 0 Å². The first kappa shape index (κ1) is 16.7. The fourth-order valence-corrected chi connectivity index (χ4v) is 2.90. The first-order chi connectivity index (χ1) is 13.2. The van der Waals surface area contributed by atoms with E-state index in [-0.39, 0.29) is 0 Å². The molecular weight excluding hydrogens is 338 g/mol. The Hall–Kier alpha value is -3.73. The molecule has 0 aliphatic heterocycles. The number of rotatable bonds is 5. The van der Waals surface area contributed by atoms with Gasteiger partial charge in [-0.2, -0.15) is 0 Å². The van der Waals surface area contributed by atoms with Crippen molar-refractivity contribution in [1.29, 1.82) is 0 Å². The van der Waals surface area contributed by atoms with Crippen molar-refractivity contribution in [2.24, 2.45) is 0 Å². The molecule has 3 N–H and O–H groups in total. The lowest BCUT2D eigenvalue weighted by molar-refractivity contribution is 0.415. The molecule has 1 aromatic heterocycles. The Bertz CT molecular complexity index is 1100. The lowest BCUT2D eigenvalue weighted by Gasteiger charge is -2.12. The van der Waals surface area contributed by atoms with Gasteiger partial charge in [-0.05, 0) is 30.3 Å². The lowest BCUT2D eigenvalue weighted by Crippen LogP contribution is -1.95. The Labute approximate surface area is 157 Å². The van der Waals surface area contributed by atoms with Crippen molar-refractivity contribution in [2.75, 3.05) is 18.2 Å². The number of aromatic nitrogens is 1. The van der Waals surface area contributed by atoms with E-state index in [4.69, 9.17) is 15.2 Å². The summed E-state index contributed by atoms with van der Waals surface area (Å²) in [6.07, 6.45) is 1.71. The maximum absolute atomic E-state index is 6.11. The van der Waals surface area contributed by atoms with Gasteiger partial charge in [-0.15, -0.1) is 0 Å². The molecule has 0 fully saturated rings. The van der Waals surface area contributed by atoms with Crippen LogP contribution in [-0.4, -0.2) is 12.1 Å². The second-order valence-corrected chi connectivity index (χ2v) is 6.03. The van der Waals surface area contributed by atoms with E-state index in [2.05, 4.69) is 10.3 Å². The van der Waals surface area contributed by atoms with Crippen LogP contribution < -0.4 is 20.5 Å². The van der Waals surface area contributed by atoms with E-state index < -0.39 is 0 Å². The molecule has 0 spiro atoms. The zero-order valence-corrected chi connectivity index (χ0v) is 14.8. The van der Waals surface area contributed by atoms with E-state index in [1.165, 1.54) is 0 Å². The molecule has 0 radical (unpaired) electrons. The standard InChI is InChI=1S/C22H19N3O2/c1-26-16-6-4-5-15(13-16)25-22-14-17(11-12-24-22)27-21-10-9-20(23)18-7-2-3-8-19(18)21/h2-14H,23H2,1H3,(H,24,25). The van der Waals surface area contributed by atoms with Gasteiger partial charge in [0.1, 0.15) is 23.1 Å². The fourth-order valence-electron chi connectivity index (χ4n) is 2.90. The third-order valence-electron chi connectivity index (χ3n) is 4.22. The number of methoxy groups -OCH3 is 1. The first-order valence-electron chi connectivity index (χ1n) is 8.55. The molecule has 0 atom stereocenters. The predicted octanol–water partition coefficient (Wildman–Crippen LogP) is 5.36. The van der Waals surface area contributed by atoms with E-state index in [1.807, 2.05) is 72.8 Å². The van der Waals surface area contributed by atoms with Gasteiger partial charge in [0.15, 0.2) is 0 Å². The molecule has 0 saturated carbocycles. The summed E-state index contributed by atoms with van der Waals surface area (Å²) in [5.41, 5.74) is 7.68. The van der Waals surface area contributed by atoms with E-state index in [0.717, 1.165) is 33.6 Å².